The normalized spacial score (nSPS) is 17.3. The van der Waals surface area contributed by atoms with Crippen LogP contribution in [0, 0.1) is 0 Å². The standard InChI is InChI=1S/C14H21N3O/c15-10-14(18)4-3-13-9-12(5-6-16-13)11-17-7-1-2-8-17/h4-6,9,18H,1-3,7-8,10-11,15H2. The average Bonchev–Trinajstić information content (AvgIpc) is 2.89. The van der Waals surface area contributed by atoms with E-state index in [1.807, 2.05) is 6.20 Å². The molecule has 18 heavy (non-hydrogen) atoms. The lowest BCUT2D eigenvalue weighted by molar-refractivity contribution is 0.331. The van der Waals surface area contributed by atoms with E-state index in [0.29, 0.717) is 6.42 Å². The van der Waals surface area contributed by atoms with Crippen molar-refractivity contribution in [2.24, 2.45) is 5.73 Å². The Kier molecular flexibility index (Phi) is 4.73. The first-order valence-electron chi connectivity index (χ1n) is 6.52. The molecule has 98 valence electrons. The fraction of sp³-hybridized carbons (Fsp3) is 0.500. The van der Waals surface area contributed by atoms with Gasteiger partial charge in [-0.25, -0.2) is 0 Å². The summed E-state index contributed by atoms with van der Waals surface area (Å²) >= 11 is 0. The molecular formula is C14H21N3O. The third-order valence-corrected chi connectivity index (χ3v) is 3.24. The number of aliphatic hydroxyl groups is 1. The fourth-order valence-corrected chi connectivity index (χ4v) is 2.24. The maximum Gasteiger partial charge on any atom is 0.102 e. The van der Waals surface area contributed by atoms with E-state index in [1.54, 1.807) is 6.08 Å². The van der Waals surface area contributed by atoms with E-state index in [1.165, 1.54) is 31.5 Å². The highest BCUT2D eigenvalue weighted by molar-refractivity contribution is 5.18. The average molecular weight is 247 g/mol. The van der Waals surface area contributed by atoms with Gasteiger partial charge in [-0.1, -0.05) is 0 Å². The molecular weight excluding hydrogens is 226 g/mol. The van der Waals surface area contributed by atoms with Gasteiger partial charge in [-0.15, -0.1) is 0 Å². The van der Waals surface area contributed by atoms with E-state index in [9.17, 15) is 5.11 Å². The highest BCUT2D eigenvalue weighted by Gasteiger charge is 2.11. The number of likely N-dealkylation sites (tertiary alicyclic amines) is 1. The molecule has 1 aromatic heterocycles. The lowest BCUT2D eigenvalue weighted by Crippen LogP contribution is -2.18. The van der Waals surface area contributed by atoms with Crippen LogP contribution in [-0.2, 0) is 13.0 Å². The Bertz CT molecular complexity index is 411. The first-order valence-corrected chi connectivity index (χ1v) is 6.52. The first kappa shape index (κ1) is 13.1. The zero-order chi connectivity index (χ0) is 12.8. The van der Waals surface area contributed by atoms with E-state index in [-0.39, 0.29) is 12.3 Å². The van der Waals surface area contributed by atoms with Gasteiger partial charge < -0.3 is 10.8 Å². The van der Waals surface area contributed by atoms with Crippen molar-refractivity contribution in [3.8, 4) is 0 Å². The van der Waals surface area contributed by atoms with Gasteiger partial charge in [0, 0.05) is 24.9 Å². The van der Waals surface area contributed by atoms with Gasteiger partial charge in [0.25, 0.3) is 0 Å². The van der Waals surface area contributed by atoms with Crippen LogP contribution < -0.4 is 5.73 Å². The lowest BCUT2D eigenvalue weighted by atomic mass is 10.1. The van der Waals surface area contributed by atoms with Crippen LogP contribution in [0.5, 0.6) is 0 Å². The van der Waals surface area contributed by atoms with E-state index < -0.39 is 0 Å². The molecule has 1 aromatic rings. The van der Waals surface area contributed by atoms with Crippen molar-refractivity contribution >= 4 is 0 Å². The van der Waals surface area contributed by atoms with Gasteiger partial charge >= 0.3 is 0 Å². The number of pyridine rings is 1. The second-order valence-electron chi connectivity index (χ2n) is 4.74. The van der Waals surface area contributed by atoms with Gasteiger partial charge in [0.1, 0.15) is 5.76 Å². The molecule has 1 aliphatic heterocycles. The van der Waals surface area contributed by atoms with E-state index in [2.05, 4.69) is 22.0 Å². The number of rotatable bonds is 5. The van der Waals surface area contributed by atoms with Crippen molar-refractivity contribution in [3.63, 3.8) is 0 Å². The Hall–Kier alpha value is -1.39. The van der Waals surface area contributed by atoms with Gasteiger partial charge in [0.15, 0.2) is 0 Å². The topological polar surface area (TPSA) is 62.4 Å². The van der Waals surface area contributed by atoms with Crippen LogP contribution in [0.1, 0.15) is 24.1 Å². The molecule has 0 radical (unpaired) electrons. The van der Waals surface area contributed by atoms with Crippen LogP contribution in [0.3, 0.4) is 0 Å². The second kappa shape index (κ2) is 6.52. The molecule has 3 N–H and O–H groups in total. The zero-order valence-corrected chi connectivity index (χ0v) is 10.7. The minimum Gasteiger partial charge on any atom is -0.511 e. The SMILES string of the molecule is NCC(O)=CCc1cc(CN2CCCC2)ccn1. The summed E-state index contributed by atoms with van der Waals surface area (Å²) in [4.78, 5) is 6.77. The molecule has 1 saturated heterocycles. The molecule has 0 spiro atoms. The number of nitrogens with zero attached hydrogens (tertiary/aromatic N) is 2. The van der Waals surface area contributed by atoms with Crippen LogP contribution in [0.4, 0.5) is 0 Å². The number of aliphatic hydroxyl groups excluding tert-OH is 1. The number of hydrogen-bond donors (Lipinski definition) is 2. The van der Waals surface area contributed by atoms with Gasteiger partial charge in [0.05, 0.1) is 6.54 Å². The molecule has 0 saturated carbocycles. The van der Waals surface area contributed by atoms with Gasteiger partial charge in [-0.3, -0.25) is 9.88 Å². The van der Waals surface area contributed by atoms with Crippen LogP contribution in [-0.4, -0.2) is 34.6 Å². The molecule has 0 aromatic carbocycles. The van der Waals surface area contributed by atoms with Gasteiger partial charge in [-0.05, 0) is 49.7 Å². The quantitative estimate of drug-likeness (QED) is 0.776. The summed E-state index contributed by atoms with van der Waals surface area (Å²) in [6, 6.07) is 4.17. The fourth-order valence-electron chi connectivity index (χ4n) is 2.24. The highest BCUT2D eigenvalue weighted by atomic mass is 16.3. The number of hydrogen-bond acceptors (Lipinski definition) is 4. The molecule has 0 atom stereocenters. The summed E-state index contributed by atoms with van der Waals surface area (Å²) in [6.07, 6.45) is 6.82. The molecule has 4 heteroatoms. The van der Waals surface area contributed by atoms with Crippen LogP contribution in [0.2, 0.25) is 0 Å². The maximum atomic E-state index is 9.32. The minimum absolute atomic E-state index is 0.188. The molecule has 0 amide bonds. The van der Waals surface area contributed by atoms with Crippen molar-refractivity contribution < 1.29 is 5.11 Å². The predicted octanol–water partition coefficient (Wildman–Crippen LogP) is 1.62. The highest BCUT2D eigenvalue weighted by Crippen LogP contribution is 2.13. The van der Waals surface area contributed by atoms with E-state index >= 15 is 0 Å². The smallest absolute Gasteiger partial charge is 0.102 e. The molecule has 0 aliphatic carbocycles. The maximum absolute atomic E-state index is 9.32. The molecule has 0 unspecified atom stereocenters. The summed E-state index contributed by atoms with van der Waals surface area (Å²) in [6.45, 7) is 3.59. The summed E-state index contributed by atoms with van der Waals surface area (Å²) < 4.78 is 0. The molecule has 1 aliphatic rings. The number of allylic oxidation sites excluding steroid dienone is 1. The Labute approximate surface area is 108 Å². The third-order valence-electron chi connectivity index (χ3n) is 3.24. The van der Waals surface area contributed by atoms with Gasteiger partial charge in [0.2, 0.25) is 0 Å². The van der Waals surface area contributed by atoms with E-state index in [4.69, 9.17) is 5.73 Å². The molecule has 0 bridgehead atoms. The first-order chi connectivity index (χ1) is 8.78. The molecule has 4 nitrogen and oxygen atoms in total. The molecule has 1 fully saturated rings. The van der Waals surface area contributed by atoms with Crippen molar-refractivity contribution in [2.45, 2.75) is 25.8 Å². The van der Waals surface area contributed by atoms with Crippen molar-refractivity contribution in [1.82, 2.24) is 9.88 Å². The van der Waals surface area contributed by atoms with Crippen LogP contribution in [0.15, 0.2) is 30.2 Å². The zero-order valence-electron chi connectivity index (χ0n) is 10.7. The summed E-state index contributed by atoms with van der Waals surface area (Å²) in [5.41, 5.74) is 7.60. The van der Waals surface area contributed by atoms with E-state index in [0.717, 1.165) is 12.2 Å². The molecule has 2 rings (SSSR count). The predicted molar refractivity (Wildman–Crippen MR) is 72.2 cm³/mol. The van der Waals surface area contributed by atoms with Crippen LogP contribution >= 0.6 is 0 Å². The Morgan fingerprint density at radius 1 is 1.44 bits per heavy atom. The van der Waals surface area contributed by atoms with Crippen molar-refractivity contribution in [3.05, 3.63) is 41.4 Å². The Morgan fingerprint density at radius 2 is 2.22 bits per heavy atom. The second-order valence-corrected chi connectivity index (χ2v) is 4.74. The summed E-state index contributed by atoms with van der Waals surface area (Å²) in [5, 5.41) is 9.32. The van der Waals surface area contributed by atoms with Gasteiger partial charge in [-0.2, -0.15) is 0 Å². The third kappa shape index (κ3) is 3.82. The monoisotopic (exact) mass is 247 g/mol. The Balaban J connectivity index is 1.96. The minimum atomic E-state index is 0.188. The summed E-state index contributed by atoms with van der Waals surface area (Å²) in [7, 11) is 0. The van der Waals surface area contributed by atoms with Crippen molar-refractivity contribution in [2.75, 3.05) is 19.6 Å². The summed E-state index contributed by atoms with van der Waals surface area (Å²) in [5.74, 6) is 0.224. The number of nitrogens with two attached hydrogens (primary N) is 1. The van der Waals surface area contributed by atoms with Crippen molar-refractivity contribution in [1.29, 1.82) is 0 Å². The molecule has 2 heterocycles. The van der Waals surface area contributed by atoms with Crippen LogP contribution in [0.25, 0.3) is 0 Å². The lowest BCUT2D eigenvalue weighted by Gasteiger charge is -2.14. The number of aromatic nitrogens is 1. The largest absolute Gasteiger partial charge is 0.511 e. The Morgan fingerprint density at radius 3 is 2.94 bits per heavy atom.